The molecule has 1 N–H and O–H groups in total. The van der Waals surface area contributed by atoms with Crippen molar-refractivity contribution in [1.29, 1.82) is 0 Å². The summed E-state index contributed by atoms with van der Waals surface area (Å²) in [5.74, 6) is 0.532. The van der Waals surface area contributed by atoms with Gasteiger partial charge in [0.1, 0.15) is 5.75 Å². The second-order valence-corrected chi connectivity index (χ2v) is 5.40. The molecule has 0 bridgehead atoms. The van der Waals surface area contributed by atoms with Crippen LogP contribution >= 0.6 is 15.9 Å². The summed E-state index contributed by atoms with van der Waals surface area (Å²) in [6, 6.07) is 10.7. The van der Waals surface area contributed by atoms with Crippen LogP contribution in [0.3, 0.4) is 0 Å². The molecule has 0 fully saturated rings. The molecule has 2 aromatic rings. The van der Waals surface area contributed by atoms with Gasteiger partial charge >= 0.3 is 0 Å². The Kier molecular flexibility index (Phi) is 5.15. The van der Waals surface area contributed by atoms with Crippen molar-refractivity contribution in [2.75, 3.05) is 6.54 Å². The molecule has 0 aliphatic heterocycles. The Morgan fingerprint density at radius 1 is 1.25 bits per heavy atom. The molecule has 0 radical (unpaired) electrons. The van der Waals surface area contributed by atoms with Crippen molar-refractivity contribution in [3.05, 3.63) is 57.8 Å². The molecule has 0 heterocycles. The van der Waals surface area contributed by atoms with Gasteiger partial charge in [0.15, 0.2) is 11.6 Å². The quantitative estimate of drug-likeness (QED) is 0.846. The molecule has 0 saturated carbocycles. The van der Waals surface area contributed by atoms with Gasteiger partial charge in [0.05, 0.1) is 4.47 Å². The topological polar surface area (TPSA) is 21.3 Å². The van der Waals surface area contributed by atoms with Crippen LogP contribution in [0.5, 0.6) is 11.5 Å². The molecule has 0 amide bonds. The molecule has 0 saturated heterocycles. The van der Waals surface area contributed by atoms with E-state index in [1.165, 1.54) is 6.07 Å². The molecule has 2 nitrogen and oxygen atoms in total. The Morgan fingerprint density at radius 2 is 2.05 bits per heavy atom. The highest BCUT2D eigenvalue weighted by Gasteiger charge is 2.12. The van der Waals surface area contributed by atoms with Gasteiger partial charge in [-0.25, -0.2) is 4.39 Å². The lowest BCUT2D eigenvalue weighted by Crippen LogP contribution is -2.12. The van der Waals surface area contributed by atoms with Crippen molar-refractivity contribution in [2.24, 2.45) is 0 Å². The number of para-hydroxylation sites is 1. The van der Waals surface area contributed by atoms with Crippen LogP contribution in [-0.2, 0) is 6.54 Å². The van der Waals surface area contributed by atoms with E-state index in [9.17, 15) is 4.39 Å². The van der Waals surface area contributed by atoms with Gasteiger partial charge in [0.25, 0.3) is 0 Å². The zero-order chi connectivity index (χ0) is 14.5. The number of aryl methyl sites for hydroxylation is 1. The third kappa shape index (κ3) is 3.58. The lowest BCUT2D eigenvalue weighted by atomic mass is 10.2. The van der Waals surface area contributed by atoms with Crippen molar-refractivity contribution >= 4 is 15.9 Å². The van der Waals surface area contributed by atoms with E-state index in [1.807, 2.05) is 38.1 Å². The molecule has 0 atom stereocenters. The van der Waals surface area contributed by atoms with Gasteiger partial charge in [-0.3, -0.25) is 0 Å². The van der Waals surface area contributed by atoms with Crippen LogP contribution < -0.4 is 10.1 Å². The SMILES string of the molecule is CCNCc1cccc(F)c1Oc1ccc(C)cc1Br. The second kappa shape index (κ2) is 6.86. The predicted octanol–water partition coefficient (Wildman–Crippen LogP) is 4.80. The third-order valence-corrected chi connectivity index (χ3v) is 3.53. The number of rotatable bonds is 5. The maximum absolute atomic E-state index is 14.0. The first-order chi connectivity index (χ1) is 9.61. The van der Waals surface area contributed by atoms with Crippen LogP contribution in [0.1, 0.15) is 18.1 Å². The summed E-state index contributed by atoms with van der Waals surface area (Å²) < 4.78 is 20.6. The third-order valence-electron chi connectivity index (χ3n) is 2.91. The minimum absolute atomic E-state index is 0.276. The molecule has 2 rings (SSSR count). The zero-order valence-corrected chi connectivity index (χ0v) is 13.1. The van der Waals surface area contributed by atoms with Crippen molar-refractivity contribution in [2.45, 2.75) is 20.4 Å². The Morgan fingerprint density at radius 3 is 2.75 bits per heavy atom. The predicted molar refractivity (Wildman–Crippen MR) is 82.7 cm³/mol. The number of hydrogen-bond donors (Lipinski definition) is 1. The van der Waals surface area contributed by atoms with Crippen molar-refractivity contribution in [1.82, 2.24) is 5.32 Å². The summed E-state index contributed by atoms with van der Waals surface area (Å²) in [5.41, 5.74) is 1.92. The first-order valence-corrected chi connectivity index (χ1v) is 7.33. The highest BCUT2D eigenvalue weighted by molar-refractivity contribution is 9.10. The highest BCUT2D eigenvalue weighted by atomic mass is 79.9. The molecule has 0 unspecified atom stereocenters. The van der Waals surface area contributed by atoms with Crippen molar-refractivity contribution < 1.29 is 9.13 Å². The van der Waals surface area contributed by atoms with E-state index in [1.54, 1.807) is 6.07 Å². The number of benzene rings is 2. The Balaban J connectivity index is 2.32. The molecular weight excluding hydrogens is 321 g/mol. The van der Waals surface area contributed by atoms with E-state index in [-0.39, 0.29) is 11.6 Å². The van der Waals surface area contributed by atoms with Gasteiger partial charge < -0.3 is 10.1 Å². The Labute approximate surface area is 127 Å². The lowest BCUT2D eigenvalue weighted by molar-refractivity contribution is 0.431. The first-order valence-electron chi connectivity index (χ1n) is 6.54. The lowest BCUT2D eigenvalue weighted by Gasteiger charge is -2.13. The summed E-state index contributed by atoms with van der Waals surface area (Å²) in [6.45, 7) is 5.40. The number of nitrogens with one attached hydrogen (secondary N) is 1. The monoisotopic (exact) mass is 337 g/mol. The summed E-state index contributed by atoms with van der Waals surface area (Å²) >= 11 is 3.44. The number of ether oxygens (including phenoxy) is 1. The number of hydrogen-bond acceptors (Lipinski definition) is 2. The van der Waals surface area contributed by atoms with E-state index in [4.69, 9.17) is 4.74 Å². The highest BCUT2D eigenvalue weighted by Crippen LogP contribution is 2.33. The molecule has 2 aromatic carbocycles. The summed E-state index contributed by atoms with van der Waals surface area (Å²) in [6.07, 6.45) is 0. The van der Waals surface area contributed by atoms with Gasteiger partial charge in [0, 0.05) is 12.1 Å². The van der Waals surface area contributed by atoms with Crippen LogP contribution in [0.2, 0.25) is 0 Å². The van der Waals surface area contributed by atoms with Gasteiger partial charge in [0.2, 0.25) is 0 Å². The smallest absolute Gasteiger partial charge is 0.167 e. The fourth-order valence-corrected chi connectivity index (χ4v) is 2.44. The largest absolute Gasteiger partial charge is 0.453 e. The summed E-state index contributed by atoms with van der Waals surface area (Å²) in [5, 5.41) is 3.18. The molecule has 106 valence electrons. The van der Waals surface area contributed by atoms with Gasteiger partial charge in [-0.05, 0) is 53.2 Å². The van der Waals surface area contributed by atoms with Crippen molar-refractivity contribution in [3.63, 3.8) is 0 Å². The fraction of sp³-hybridized carbons (Fsp3) is 0.250. The van der Waals surface area contributed by atoms with Crippen molar-refractivity contribution in [3.8, 4) is 11.5 Å². The van der Waals surface area contributed by atoms with E-state index < -0.39 is 0 Å². The average Bonchev–Trinajstić information content (AvgIpc) is 2.42. The van der Waals surface area contributed by atoms with Crippen LogP contribution in [0.4, 0.5) is 4.39 Å². The summed E-state index contributed by atoms with van der Waals surface area (Å²) in [4.78, 5) is 0. The maximum Gasteiger partial charge on any atom is 0.167 e. The minimum atomic E-state index is -0.354. The van der Waals surface area contributed by atoms with Crippen LogP contribution in [-0.4, -0.2) is 6.54 Å². The number of halogens is 2. The van der Waals surface area contributed by atoms with Gasteiger partial charge in [-0.2, -0.15) is 0 Å². The molecule has 0 aliphatic carbocycles. The molecule has 0 aromatic heterocycles. The standard InChI is InChI=1S/C16H17BrFNO/c1-3-19-10-12-5-4-6-14(18)16(12)20-15-8-7-11(2)9-13(15)17/h4-9,19H,3,10H2,1-2H3. The maximum atomic E-state index is 14.0. The van der Waals surface area contributed by atoms with Crippen LogP contribution in [0.25, 0.3) is 0 Å². The normalized spacial score (nSPS) is 10.6. The molecular formula is C16H17BrFNO. The Bertz CT molecular complexity index is 601. The van der Waals surface area contributed by atoms with Gasteiger partial charge in [-0.15, -0.1) is 0 Å². The van der Waals surface area contributed by atoms with E-state index in [0.29, 0.717) is 12.3 Å². The molecule has 4 heteroatoms. The van der Waals surface area contributed by atoms with Gasteiger partial charge in [-0.1, -0.05) is 25.1 Å². The Hall–Kier alpha value is -1.39. The first kappa shape index (κ1) is 15.0. The zero-order valence-electron chi connectivity index (χ0n) is 11.5. The van der Waals surface area contributed by atoms with E-state index in [2.05, 4.69) is 21.2 Å². The summed E-state index contributed by atoms with van der Waals surface area (Å²) in [7, 11) is 0. The van der Waals surface area contributed by atoms with E-state index >= 15 is 0 Å². The molecule has 0 aliphatic rings. The second-order valence-electron chi connectivity index (χ2n) is 4.54. The minimum Gasteiger partial charge on any atom is -0.453 e. The van der Waals surface area contributed by atoms with Crippen LogP contribution in [0, 0.1) is 12.7 Å². The fourth-order valence-electron chi connectivity index (χ4n) is 1.87. The molecule has 20 heavy (non-hydrogen) atoms. The van der Waals surface area contributed by atoms with Crippen LogP contribution in [0.15, 0.2) is 40.9 Å². The average molecular weight is 338 g/mol. The molecule has 0 spiro atoms. The van der Waals surface area contributed by atoms with E-state index in [0.717, 1.165) is 22.1 Å².